The molecule has 0 bridgehead atoms. The molecule has 0 saturated heterocycles. The number of nitrogens with zero attached hydrogens (tertiary/aromatic N) is 4. The lowest BCUT2D eigenvalue weighted by Gasteiger charge is -2.34. The molecular formula is C32H48N4O4. The summed E-state index contributed by atoms with van der Waals surface area (Å²) in [7, 11) is 12.4. The number of ketones is 1. The second kappa shape index (κ2) is 9.86. The highest BCUT2D eigenvalue weighted by atomic mass is 16.3. The van der Waals surface area contributed by atoms with E-state index in [1.165, 1.54) is 22.2 Å². The first kappa shape index (κ1) is 31.6. The molecule has 1 aliphatic carbocycles. The molecule has 8 heteroatoms. The summed E-state index contributed by atoms with van der Waals surface area (Å²) in [6, 6.07) is 9.60. The summed E-state index contributed by atoms with van der Waals surface area (Å²) in [5.74, 6) is -0.180. The van der Waals surface area contributed by atoms with Crippen molar-refractivity contribution < 1.29 is 20.9 Å². The fourth-order valence-corrected chi connectivity index (χ4v) is 7.00. The van der Waals surface area contributed by atoms with Crippen molar-refractivity contribution in [1.82, 2.24) is 4.58 Å². The molecule has 8 nitrogen and oxygen atoms in total. The molecule has 4 unspecified atom stereocenters. The quantitative estimate of drug-likeness (QED) is 0.461. The zero-order valence-corrected chi connectivity index (χ0v) is 26.2. The number of benzene rings is 2. The van der Waals surface area contributed by atoms with Gasteiger partial charge < -0.3 is 30.8 Å². The fourth-order valence-electron chi connectivity index (χ4n) is 7.00. The van der Waals surface area contributed by atoms with Gasteiger partial charge in [-0.05, 0) is 57.0 Å². The normalized spacial score (nSPS) is 26.9. The molecule has 0 radical (unpaired) electrons. The number of rotatable bonds is 3. The van der Waals surface area contributed by atoms with Crippen LogP contribution in [0, 0.1) is 0 Å². The Balaban J connectivity index is 0.00000220. The smallest absolute Gasteiger partial charge is 0.333 e. The van der Waals surface area contributed by atoms with Gasteiger partial charge in [0.2, 0.25) is 5.36 Å². The Hall–Kier alpha value is -2.94. The zero-order chi connectivity index (χ0) is 28.2. The second-order valence-corrected chi connectivity index (χ2v) is 13.3. The monoisotopic (exact) mass is 552 g/mol. The first-order valence-electron chi connectivity index (χ1n) is 13.8. The number of hydrogen-bond donors (Lipinski definition) is 1. The van der Waals surface area contributed by atoms with Crippen molar-refractivity contribution in [1.29, 1.82) is 0 Å². The van der Waals surface area contributed by atoms with Gasteiger partial charge in [0.25, 0.3) is 0 Å². The summed E-state index contributed by atoms with van der Waals surface area (Å²) in [4.78, 5) is 18.2. The lowest BCUT2D eigenvalue weighted by Crippen LogP contribution is -2.47. The van der Waals surface area contributed by atoms with E-state index in [4.69, 9.17) is 0 Å². The topological polar surface area (TPSA) is 114 Å². The minimum absolute atomic E-state index is 0. The highest BCUT2D eigenvalue weighted by Crippen LogP contribution is 2.50. The minimum Gasteiger partial charge on any atom is -0.870 e. The SMILES string of the molecule is CC1N(C)c2cc(N(C)C)c(C3C(=[OH+])C(=c4cc5c(cc4N(C)C)=[N+](C)C(C)C5(C)C)C3O)cc2C1(C)C.[OH-].[OH-]. The summed E-state index contributed by atoms with van der Waals surface area (Å²) in [5.41, 5.74) is 7.36. The number of carbonyl (C=O) groups excluding carboxylic acids is 1. The van der Waals surface area contributed by atoms with Gasteiger partial charge in [-0.2, -0.15) is 0 Å². The van der Waals surface area contributed by atoms with Gasteiger partial charge in [-0.3, -0.25) is 4.79 Å². The lowest BCUT2D eigenvalue weighted by molar-refractivity contribution is 0.203. The summed E-state index contributed by atoms with van der Waals surface area (Å²) in [6.07, 6.45) is -0.789. The van der Waals surface area contributed by atoms with Crippen LogP contribution in [0.4, 0.5) is 17.1 Å². The van der Waals surface area contributed by atoms with Gasteiger partial charge in [-0.1, -0.05) is 13.8 Å². The van der Waals surface area contributed by atoms with Crippen LogP contribution in [0.25, 0.3) is 5.57 Å². The largest absolute Gasteiger partial charge is 0.870 e. The molecule has 0 aromatic heterocycles. The zero-order valence-electron chi connectivity index (χ0n) is 26.2. The Kier molecular flexibility index (Phi) is 7.78. The van der Waals surface area contributed by atoms with Crippen LogP contribution in [0.1, 0.15) is 64.2 Å². The Morgan fingerprint density at radius 2 is 1.45 bits per heavy atom. The second-order valence-electron chi connectivity index (χ2n) is 13.3. The Morgan fingerprint density at radius 3 is 1.98 bits per heavy atom. The van der Waals surface area contributed by atoms with Gasteiger partial charge in [-0.15, -0.1) is 0 Å². The average molecular weight is 553 g/mol. The van der Waals surface area contributed by atoms with Crippen LogP contribution in [-0.4, -0.2) is 87.1 Å². The molecule has 5 rings (SSSR count). The molecule has 2 aliphatic heterocycles. The van der Waals surface area contributed by atoms with Crippen molar-refractivity contribution in [2.24, 2.45) is 0 Å². The minimum atomic E-state index is -0.789. The van der Waals surface area contributed by atoms with E-state index in [9.17, 15) is 9.90 Å². The Bertz CT molecular complexity index is 1490. The molecule has 2 aromatic rings. The molecule has 2 heterocycles. The van der Waals surface area contributed by atoms with E-state index < -0.39 is 12.0 Å². The maximum absolute atomic E-state index is 11.7. The summed E-state index contributed by atoms with van der Waals surface area (Å²) in [6.45, 7) is 13.6. The molecule has 4 atom stereocenters. The van der Waals surface area contributed by atoms with E-state index in [0.717, 1.165) is 22.2 Å². The molecule has 4 N–H and O–H groups in total. The number of fused-ring (bicyclic) bond motifs is 2. The van der Waals surface area contributed by atoms with Crippen molar-refractivity contribution >= 4 is 28.4 Å². The molecular weight excluding hydrogens is 504 g/mol. The Labute approximate surface area is 238 Å². The maximum atomic E-state index is 11.7. The summed E-state index contributed by atoms with van der Waals surface area (Å²) >= 11 is 0. The third-order valence-electron chi connectivity index (χ3n) is 10.4. The highest BCUT2D eigenvalue weighted by Gasteiger charge is 2.54. The van der Waals surface area contributed by atoms with Crippen molar-refractivity contribution in [3.8, 4) is 0 Å². The first-order valence-corrected chi connectivity index (χ1v) is 13.8. The van der Waals surface area contributed by atoms with E-state index in [-0.39, 0.29) is 27.6 Å². The van der Waals surface area contributed by atoms with Crippen LogP contribution in [0.2, 0.25) is 0 Å². The van der Waals surface area contributed by atoms with Gasteiger partial charge in [0.1, 0.15) is 19.1 Å². The van der Waals surface area contributed by atoms with Crippen molar-refractivity contribution in [3.63, 3.8) is 0 Å². The number of hydrogen-bond acceptors (Lipinski definition) is 6. The number of likely N-dealkylation sites (N-methyl/N-ethyl adjacent to an activating group) is 2. The molecule has 1 fully saturated rings. The number of aliphatic hydroxyl groups is 1. The first-order chi connectivity index (χ1) is 17.5. The van der Waals surface area contributed by atoms with Gasteiger partial charge in [0.05, 0.1) is 16.7 Å². The van der Waals surface area contributed by atoms with Crippen molar-refractivity contribution in [3.05, 3.63) is 51.5 Å². The van der Waals surface area contributed by atoms with Crippen LogP contribution in [0.3, 0.4) is 0 Å². The van der Waals surface area contributed by atoms with E-state index in [0.29, 0.717) is 17.7 Å². The van der Waals surface area contributed by atoms with Gasteiger partial charge in [0, 0.05) is 74.9 Å². The van der Waals surface area contributed by atoms with Crippen LogP contribution in [0.5, 0.6) is 0 Å². The molecule has 40 heavy (non-hydrogen) atoms. The standard InChI is InChI=1S/C32H45N4O2.2H2O/c1-17-31(3,4)21-13-19(23(33(7)8)15-25(21)35(17)11)27-29(37)28(30(27)38)20-14-22-26(16-24(20)34(9)10)36(12)18(2)32(22,5)6;;/h13-18,27,29,37H,1-12H3;2*1H2/q+1;;/p-1. The molecule has 3 aliphatic rings. The van der Waals surface area contributed by atoms with E-state index in [2.05, 4.69) is 99.2 Å². The number of anilines is 3. The van der Waals surface area contributed by atoms with Gasteiger partial charge in [-0.25, -0.2) is 4.58 Å². The molecule has 1 saturated carbocycles. The Morgan fingerprint density at radius 1 is 0.875 bits per heavy atom. The van der Waals surface area contributed by atoms with E-state index in [1.54, 1.807) is 0 Å². The summed E-state index contributed by atoms with van der Waals surface area (Å²) < 4.78 is 2.34. The van der Waals surface area contributed by atoms with Gasteiger partial charge in [0.15, 0.2) is 6.04 Å². The molecule has 220 valence electrons. The predicted octanol–water partition coefficient (Wildman–Crippen LogP) is 2.24. The predicted molar refractivity (Wildman–Crippen MR) is 164 cm³/mol. The van der Waals surface area contributed by atoms with E-state index >= 15 is 0 Å². The van der Waals surface area contributed by atoms with Crippen LogP contribution in [0.15, 0.2) is 24.3 Å². The van der Waals surface area contributed by atoms with Crippen LogP contribution in [-0.2, 0) is 10.8 Å². The molecule has 0 spiro atoms. The van der Waals surface area contributed by atoms with E-state index in [1.807, 2.05) is 28.2 Å². The summed E-state index contributed by atoms with van der Waals surface area (Å²) in [5, 5.41) is 13.9. The molecule has 2 aromatic carbocycles. The number of aliphatic hydroxyl groups excluding tert-OH is 1. The van der Waals surface area contributed by atoms with Crippen molar-refractivity contribution in [2.45, 2.75) is 76.5 Å². The maximum Gasteiger partial charge on any atom is 0.333 e. The average Bonchev–Trinajstić information content (AvgIpc) is 3.12. The van der Waals surface area contributed by atoms with Crippen molar-refractivity contribution in [2.75, 3.05) is 57.0 Å². The third-order valence-corrected chi connectivity index (χ3v) is 10.4. The fraction of sp³-hybridized carbons (Fsp3) is 0.562. The van der Waals surface area contributed by atoms with Crippen LogP contribution >= 0.6 is 0 Å². The van der Waals surface area contributed by atoms with Gasteiger partial charge >= 0.3 is 5.78 Å². The third kappa shape index (κ3) is 3.98. The van der Waals surface area contributed by atoms with Crippen LogP contribution < -0.4 is 29.9 Å². The highest BCUT2D eigenvalue weighted by molar-refractivity contribution is 6.29. The molecule has 0 amide bonds. The lowest BCUT2D eigenvalue weighted by atomic mass is 9.68.